The van der Waals surface area contributed by atoms with E-state index in [1.807, 2.05) is 12.1 Å². The Morgan fingerprint density at radius 2 is 2.21 bits per heavy atom. The highest BCUT2D eigenvalue weighted by molar-refractivity contribution is 7.96. The summed E-state index contributed by atoms with van der Waals surface area (Å²) >= 11 is 0.989. The summed E-state index contributed by atoms with van der Waals surface area (Å²) in [4.78, 5) is 0. The third-order valence-electron chi connectivity index (χ3n) is 1.66. The van der Waals surface area contributed by atoms with Crippen molar-refractivity contribution < 1.29 is 0 Å². The zero-order valence-corrected chi connectivity index (χ0v) is 7.98. The van der Waals surface area contributed by atoms with E-state index in [-0.39, 0.29) is 0 Å². The fourth-order valence-corrected chi connectivity index (χ4v) is 1.40. The normalized spacial score (nSPS) is 10.4. The second-order valence-electron chi connectivity index (χ2n) is 2.59. The molecule has 0 saturated carbocycles. The molecule has 72 valence electrons. The van der Waals surface area contributed by atoms with Gasteiger partial charge in [-0.05, 0) is 40.6 Å². The smallest absolute Gasteiger partial charge is 0.228 e. The lowest BCUT2D eigenvalue weighted by molar-refractivity contribution is 0.757. The molecular formula is C7H8N6S. The minimum Gasteiger partial charge on any atom is -0.399 e. The fraction of sp³-hybridized carbons (Fsp3) is 0. The Bertz CT molecular complexity index is 439. The highest BCUT2D eigenvalue weighted by atomic mass is 32.2. The summed E-state index contributed by atoms with van der Waals surface area (Å²) in [5.41, 5.74) is 7.09. The molecule has 0 bridgehead atoms. The van der Waals surface area contributed by atoms with E-state index in [0.29, 0.717) is 10.8 Å². The molecule has 0 spiro atoms. The van der Waals surface area contributed by atoms with Crippen LogP contribution in [-0.4, -0.2) is 20.2 Å². The van der Waals surface area contributed by atoms with Crippen molar-refractivity contribution in [3.05, 3.63) is 24.3 Å². The first-order valence-electron chi connectivity index (χ1n) is 3.82. The average molecular weight is 208 g/mol. The second-order valence-corrected chi connectivity index (χ2v) is 3.19. The molecule has 0 saturated heterocycles. The number of anilines is 1. The fourth-order valence-electron chi connectivity index (χ4n) is 1.07. The number of hydrogen-bond acceptors (Lipinski definition) is 6. The van der Waals surface area contributed by atoms with Gasteiger partial charge < -0.3 is 5.73 Å². The van der Waals surface area contributed by atoms with Crippen LogP contribution in [0.25, 0.3) is 5.69 Å². The number of rotatable bonds is 2. The van der Waals surface area contributed by atoms with Gasteiger partial charge in [-0.2, -0.15) is 4.68 Å². The SMILES string of the molecule is NSc1nnnn1-c1cccc(N)c1. The molecule has 1 heterocycles. The van der Waals surface area contributed by atoms with Crippen LogP contribution in [0.15, 0.2) is 29.4 Å². The van der Waals surface area contributed by atoms with E-state index in [9.17, 15) is 0 Å². The Labute approximate surface area is 84.4 Å². The molecule has 0 aliphatic carbocycles. The maximum absolute atomic E-state index is 5.64. The number of nitrogen functional groups attached to an aromatic ring is 1. The minimum absolute atomic E-state index is 0.524. The molecule has 1 aromatic heterocycles. The zero-order valence-electron chi connectivity index (χ0n) is 7.16. The van der Waals surface area contributed by atoms with Crippen molar-refractivity contribution in [2.45, 2.75) is 5.16 Å². The molecule has 0 aliphatic heterocycles. The van der Waals surface area contributed by atoms with E-state index in [1.165, 1.54) is 4.68 Å². The van der Waals surface area contributed by atoms with Crippen LogP contribution in [0.2, 0.25) is 0 Å². The van der Waals surface area contributed by atoms with Gasteiger partial charge in [-0.25, -0.2) is 0 Å². The molecule has 2 rings (SSSR count). The highest BCUT2D eigenvalue weighted by Gasteiger charge is 2.06. The van der Waals surface area contributed by atoms with E-state index in [1.54, 1.807) is 12.1 Å². The minimum atomic E-state index is 0.524. The maximum atomic E-state index is 5.64. The molecule has 7 heteroatoms. The van der Waals surface area contributed by atoms with E-state index < -0.39 is 0 Å². The van der Waals surface area contributed by atoms with Gasteiger partial charge in [0.15, 0.2) is 0 Å². The molecule has 0 radical (unpaired) electrons. The first-order valence-corrected chi connectivity index (χ1v) is 4.70. The number of tetrazole rings is 1. The summed E-state index contributed by atoms with van der Waals surface area (Å²) in [6.45, 7) is 0. The molecule has 4 N–H and O–H groups in total. The van der Waals surface area contributed by atoms with Gasteiger partial charge in [-0.15, -0.1) is 0 Å². The Kier molecular flexibility index (Phi) is 2.33. The van der Waals surface area contributed by atoms with E-state index >= 15 is 0 Å². The average Bonchev–Trinajstić information content (AvgIpc) is 2.65. The van der Waals surface area contributed by atoms with Crippen LogP contribution >= 0.6 is 11.9 Å². The van der Waals surface area contributed by atoms with Gasteiger partial charge in [0.1, 0.15) is 0 Å². The van der Waals surface area contributed by atoms with Gasteiger partial charge in [-0.3, -0.25) is 5.14 Å². The van der Waals surface area contributed by atoms with Crippen molar-refractivity contribution in [3.8, 4) is 5.69 Å². The number of nitrogens with two attached hydrogens (primary N) is 2. The predicted molar refractivity (Wildman–Crippen MR) is 53.6 cm³/mol. The monoisotopic (exact) mass is 208 g/mol. The van der Waals surface area contributed by atoms with Crippen molar-refractivity contribution in [1.82, 2.24) is 20.2 Å². The number of hydrogen-bond donors (Lipinski definition) is 2. The van der Waals surface area contributed by atoms with Crippen LogP contribution in [-0.2, 0) is 0 Å². The summed E-state index contributed by atoms with van der Waals surface area (Å²) in [5, 5.41) is 17.0. The van der Waals surface area contributed by atoms with Crippen molar-refractivity contribution in [2.24, 2.45) is 5.14 Å². The Hall–Kier alpha value is -1.60. The van der Waals surface area contributed by atoms with Gasteiger partial charge in [0.05, 0.1) is 5.69 Å². The zero-order chi connectivity index (χ0) is 9.97. The lowest BCUT2D eigenvalue weighted by atomic mass is 10.3. The third-order valence-corrected chi connectivity index (χ3v) is 2.13. The summed E-state index contributed by atoms with van der Waals surface area (Å²) in [5.74, 6) is 0. The molecule has 2 aromatic rings. The van der Waals surface area contributed by atoms with Crippen molar-refractivity contribution >= 4 is 17.6 Å². The molecule has 1 aromatic carbocycles. The van der Waals surface area contributed by atoms with Crippen LogP contribution in [0, 0.1) is 0 Å². The topological polar surface area (TPSA) is 95.6 Å². The van der Waals surface area contributed by atoms with Gasteiger partial charge in [-0.1, -0.05) is 11.2 Å². The standard InChI is InChI=1S/C7H8N6S/c8-5-2-1-3-6(4-5)13-7(14-9)10-11-12-13/h1-4H,8-9H2. The summed E-state index contributed by atoms with van der Waals surface area (Å²) in [6, 6.07) is 7.25. The van der Waals surface area contributed by atoms with E-state index in [4.69, 9.17) is 10.9 Å². The molecule has 0 atom stereocenters. The van der Waals surface area contributed by atoms with Gasteiger partial charge in [0.25, 0.3) is 0 Å². The molecule has 6 nitrogen and oxygen atoms in total. The Balaban J connectivity index is 2.49. The molecule has 0 unspecified atom stereocenters. The van der Waals surface area contributed by atoms with Crippen molar-refractivity contribution in [2.75, 3.05) is 5.73 Å². The lowest BCUT2D eigenvalue weighted by Gasteiger charge is -2.02. The Morgan fingerprint density at radius 3 is 2.93 bits per heavy atom. The predicted octanol–water partition coefficient (Wildman–Crippen LogP) is 0.210. The van der Waals surface area contributed by atoms with E-state index in [0.717, 1.165) is 17.6 Å². The van der Waals surface area contributed by atoms with E-state index in [2.05, 4.69) is 15.5 Å². The molecular weight excluding hydrogens is 200 g/mol. The van der Waals surface area contributed by atoms with Crippen LogP contribution in [0.5, 0.6) is 0 Å². The molecule has 0 amide bonds. The molecule has 0 aliphatic rings. The summed E-state index contributed by atoms with van der Waals surface area (Å²) < 4.78 is 1.53. The lowest BCUT2D eigenvalue weighted by Crippen LogP contribution is -2.00. The quantitative estimate of drug-likeness (QED) is 0.541. The molecule has 14 heavy (non-hydrogen) atoms. The molecule has 0 fully saturated rings. The highest BCUT2D eigenvalue weighted by Crippen LogP contribution is 2.15. The first-order chi connectivity index (χ1) is 6.81. The third kappa shape index (κ3) is 1.54. The van der Waals surface area contributed by atoms with Crippen LogP contribution in [0.1, 0.15) is 0 Å². The number of aromatic nitrogens is 4. The Morgan fingerprint density at radius 1 is 1.36 bits per heavy atom. The number of benzene rings is 1. The van der Waals surface area contributed by atoms with Crippen LogP contribution < -0.4 is 10.9 Å². The maximum Gasteiger partial charge on any atom is 0.228 e. The van der Waals surface area contributed by atoms with Crippen LogP contribution in [0.4, 0.5) is 5.69 Å². The van der Waals surface area contributed by atoms with Gasteiger partial charge in [0, 0.05) is 5.69 Å². The van der Waals surface area contributed by atoms with Crippen LogP contribution in [0.3, 0.4) is 0 Å². The first kappa shape index (κ1) is 8.97. The summed E-state index contributed by atoms with van der Waals surface area (Å²) in [7, 11) is 0. The van der Waals surface area contributed by atoms with Crippen molar-refractivity contribution in [3.63, 3.8) is 0 Å². The second kappa shape index (κ2) is 3.64. The van der Waals surface area contributed by atoms with Gasteiger partial charge in [0.2, 0.25) is 5.16 Å². The largest absolute Gasteiger partial charge is 0.399 e. The van der Waals surface area contributed by atoms with Crippen molar-refractivity contribution in [1.29, 1.82) is 0 Å². The number of nitrogens with zero attached hydrogens (tertiary/aromatic N) is 4. The van der Waals surface area contributed by atoms with Gasteiger partial charge >= 0.3 is 0 Å². The summed E-state index contributed by atoms with van der Waals surface area (Å²) in [6.07, 6.45) is 0.